The third kappa shape index (κ3) is 2.83. The molecule has 1 saturated heterocycles. The Morgan fingerprint density at radius 2 is 1.83 bits per heavy atom. The number of nitrogens with two attached hydrogens (primary N) is 1. The number of aryl methyl sites for hydroxylation is 2. The zero-order valence-electron chi connectivity index (χ0n) is 13.8. The third-order valence-corrected chi connectivity index (χ3v) is 5.08. The molecule has 0 aliphatic carbocycles. The van der Waals surface area contributed by atoms with Crippen molar-refractivity contribution in [3.63, 3.8) is 0 Å². The summed E-state index contributed by atoms with van der Waals surface area (Å²) in [5.74, 6) is -0.279. The fourth-order valence-electron chi connectivity index (χ4n) is 2.67. The van der Waals surface area contributed by atoms with E-state index in [-0.39, 0.29) is 11.1 Å². The average molecular weight is 338 g/mol. The number of carbonyl (C=O) groups is 2. The first-order valence-electron chi connectivity index (χ1n) is 7.59. The van der Waals surface area contributed by atoms with Crippen molar-refractivity contribution < 1.29 is 9.59 Å². The van der Waals surface area contributed by atoms with E-state index >= 15 is 0 Å². The lowest BCUT2D eigenvalue weighted by Crippen LogP contribution is -2.28. The van der Waals surface area contributed by atoms with E-state index in [0.29, 0.717) is 16.3 Å². The lowest BCUT2D eigenvalue weighted by Gasteiger charge is -2.16. The van der Waals surface area contributed by atoms with Gasteiger partial charge in [0, 0.05) is 5.69 Å². The van der Waals surface area contributed by atoms with Crippen LogP contribution in [-0.2, 0) is 4.79 Å². The summed E-state index contributed by atoms with van der Waals surface area (Å²) in [5, 5.41) is -0.271. The Balaban J connectivity index is 2.06. The molecule has 4 nitrogen and oxygen atoms in total. The van der Waals surface area contributed by atoms with Crippen LogP contribution in [0.2, 0.25) is 0 Å². The number of nitrogen functional groups attached to an aromatic ring is 1. The molecule has 122 valence electrons. The van der Waals surface area contributed by atoms with Gasteiger partial charge in [-0.2, -0.15) is 0 Å². The predicted octanol–water partition coefficient (Wildman–Crippen LogP) is 4.52. The van der Waals surface area contributed by atoms with Gasteiger partial charge in [0.25, 0.3) is 11.1 Å². The summed E-state index contributed by atoms with van der Waals surface area (Å²) in [6.07, 6.45) is 0. The second-order valence-corrected chi connectivity index (χ2v) is 6.84. The maximum absolute atomic E-state index is 12.9. The minimum atomic E-state index is -0.279. The van der Waals surface area contributed by atoms with Gasteiger partial charge in [0.1, 0.15) is 0 Å². The Labute approximate surface area is 145 Å². The molecule has 0 radical (unpaired) electrons. The van der Waals surface area contributed by atoms with E-state index in [2.05, 4.69) is 0 Å². The zero-order chi connectivity index (χ0) is 17.4. The van der Waals surface area contributed by atoms with Crippen LogP contribution in [0.25, 0.3) is 5.57 Å². The SMILES string of the molecule is C/C(=C1/SC(=O)N(c2cc(C)ccc2C)C1=O)c1cccc(N)c1. The Bertz CT molecular complexity index is 887. The quantitative estimate of drug-likeness (QED) is 0.646. The summed E-state index contributed by atoms with van der Waals surface area (Å²) in [6, 6.07) is 13.1. The maximum atomic E-state index is 12.9. The number of amides is 2. The molecule has 24 heavy (non-hydrogen) atoms. The minimum absolute atomic E-state index is 0.271. The van der Waals surface area contributed by atoms with Gasteiger partial charge in [-0.05, 0) is 73.0 Å². The molecule has 0 unspecified atom stereocenters. The standard InChI is InChI=1S/C19H18N2O2S/c1-11-7-8-12(2)16(9-11)21-18(22)17(24-19(21)23)13(3)14-5-4-6-15(20)10-14/h4-10H,20H2,1-3H3/b17-13-. The van der Waals surface area contributed by atoms with E-state index in [4.69, 9.17) is 5.73 Å². The molecule has 2 aromatic carbocycles. The van der Waals surface area contributed by atoms with Crippen molar-refractivity contribution in [3.8, 4) is 0 Å². The number of carbonyl (C=O) groups excluding carboxylic acids is 2. The molecule has 3 rings (SSSR count). The van der Waals surface area contributed by atoms with Crippen LogP contribution in [0.4, 0.5) is 16.2 Å². The summed E-state index contributed by atoms with van der Waals surface area (Å²) >= 11 is 0.976. The van der Waals surface area contributed by atoms with Crippen molar-refractivity contribution in [1.29, 1.82) is 0 Å². The highest BCUT2D eigenvalue weighted by Gasteiger charge is 2.38. The van der Waals surface area contributed by atoms with Crippen LogP contribution in [-0.4, -0.2) is 11.1 Å². The van der Waals surface area contributed by atoms with Crippen molar-refractivity contribution in [2.45, 2.75) is 20.8 Å². The van der Waals surface area contributed by atoms with Crippen molar-refractivity contribution >= 4 is 39.9 Å². The molecule has 2 amide bonds. The third-order valence-electron chi connectivity index (χ3n) is 4.04. The largest absolute Gasteiger partial charge is 0.399 e. The van der Waals surface area contributed by atoms with E-state index in [1.807, 2.05) is 51.1 Å². The predicted molar refractivity (Wildman–Crippen MR) is 99.8 cm³/mol. The Morgan fingerprint density at radius 3 is 2.54 bits per heavy atom. The molecule has 0 atom stereocenters. The number of benzene rings is 2. The summed E-state index contributed by atoms with van der Waals surface area (Å²) in [7, 11) is 0. The van der Waals surface area contributed by atoms with E-state index < -0.39 is 0 Å². The number of anilines is 2. The summed E-state index contributed by atoms with van der Waals surface area (Å²) in [5.41, 5.74) is 10.6. The summed E-state index contributed by atoms with van der Waals surface area (Å²) < 4.78 is 0. The maximum Gasteiger partial charge on any atom is 0.298 e. The van der Waals surface area contributed by atoms with Crippen LogP contribution in [0.15, 0.2) is 47.4 Å². The Hall–Kier alpha value is -2.53. The topological polar surface area (TPSA) is 63.4 Å². The van der Waals surface area contributed by atoms with Gasteiger partial charge in [0.2, 0.25) is 0 Å². The molecule has 2 N–H and O–H groups in total. The first kappa shape index (κ1) is 16.3. The molecular weight excluding hydrogens is 320 g/mol. The molecule has 0 bridgehead atoms. The normalized spacial score (nSPS) is 16.7. The number of allylic oxidation sites excluding steroid dienone is 1. The van der Waals surface area contributed by atoms with Crippen molar-refractivity contribution in [1.82, 2.24) is 0 Å². The van der Waals surface area contributed by atoms with Crippen LogP contribution in [0.5, 0.6) is 0 Å². The lowest BCUT2D eigenvalue weighted by atomic mass is 10.1. The van der Waals surface area contributed by atoms with E-state index in [1.54, 1.807) is 12.1 Å². The van der Waals surface area contributed by atoms with Crippen LogP contribution in [0.1, 0.15) is 23.6 Å². The average Bonchev–Trinajstić information content (AvgIpc) is 2.84. The molecule has 1 fully saturated rings. The van der Waals surface area contributed by atoms with Crippen molar-refractivity contribution in [2.75, 3.05) is 10.6 Å². The smallest absolute Gasteiger partial charge is 0.298 e. The van der Waals surface area contributed by atoms with Gasteiger partial charge in [-0.15, -0.1) is 0 Å². The number of thioether (sulfide) groups is 1. The van der Waals surface area contributed by atoms with Crippen molar-refractivity contribution in [2.24, 2.45) is 0 Å². The number of hydrogen-bond donors (Lipinski definition) is 1. The van der Waals surface area contributed by atoms with E-state index in [1.165, 1.54) is 4.90 Å². The van der Waals surface area contributed by atoms with Gasteiger partial charge in [0.05, 0.1) is 10.6 Å². The molecule has 0 spiro atoms. The second-order valence-electron chi connectivity index (χ2n) is 5.88. The fraction of sp³-hybridized carbons (Fsp3) is 0.158. The first-order valence-corrected chi connectivity index (χ1v) is 8.40. The highest BCUT2D eigenvalue weighted by Crippen LogP contribution is 2.40. The molecule has 0 saturated carbocycles. The van der Waals surface area contributed by atoms with Crippen LogP contribution < -0.4 is 10.6 Å². The second kappa shape index (κ2) is 6.17. The molecule has 1 heterocycles. The van der Waals surface area contributed by atoms with Crippen LogP contribution >= 0.6 is 11.8 Å². The highest BCUT2D eigenvalue weighted by atomic mass is 32.2. The van der Waals surface area contributed by atoms with Gasteiger partial charge in [0.15, 0.2) is 0 Å². The fourth-order valence-corrected chi connectivity index (χ4v) is 3.57. The van der Waals surface area contributed by atoms with Gasteiger partial charge in [-0.25, -0.2) is 4.90 Å². The zero-order valence-corrected chi connectivity index (χ0v) is 14.6. The summed E-state index contributed by atoms with van der Waals surface area (Å²) in [4.78, 5) is 27.1. The number of hydrogen-bond acceptors (Lipinski definition) is 4. The van der Waals surface area contributed by atoms with Crippen LogP contribution in [0, 0.1) is 13.8 Å². The summed E-state index contributed by atoms with van der Waals surface area (Å²) in [6.45, 7) is 5.68. The Morgan fingerprint density at radius 1 is 1.08 bits per heavy atom. The number of imide groups is 1. The van der Waals surface area contributed by atoms with E-state index in [9.17, 15) is 9.59 Å². The van der Waals surface area contributed by atoms with Gasteiger partial charge in [-0.3, -0.25) is 9.59 Å². The lowest BCUT2D eigenvalue weighted by molar-refractivity contribution is -0.113. The molecule has 0 aromatic heterocycles. The van der Waals surface area contributed by atoms with E-state index in [0.717, 1.165) is 34.0 Å². The van der Waals surface area contributed by atoms with Gasteiger partial charge < -0.3 is 5.73 Å². The minimum Gasteiger partial charge on any atom is -0.399 e. The molecular formula is C19H18N2O2S. The molecule has 1 aliphatic heterocycles. The molecule has 5 heteroatoms. The van der Waals surface area contributed by atoms with Crippen molar-refractivity contribution in [3.05, 3.63) is 64.1 Å². The first-order chi connectivity index (χ1) is 11.4. The van der Waals surface area contributed by atoms with Gasteiger partial charge >= 0.3 is 0 Å². The Kier molecular flexibility index (Phi) is 4.20. The monoisotopic (exact) mass is 338 g/mol. The number of rotatable bonds is 2. The molecule has 1 aliphatic rings. The van der Waals surface area contributed by atoms with Crippen LogP contribution in [0.3, 0.4) is 0 Å². The number of nitrogens with zero attached hydrogens (tertiary/aromatic N) is 1. The molecule has 2 aromatic rings. The van der Waals surface area contributed by atoms with Gasteiger partial charge in [-0.1, -0.05) is 24.3 Å². The highest BCUT2D eigenvalue weighted by molar-refractivity contribution is 8.19.